The maximum Gasteiger partial charge on any atom is 0.269 e. The predicted molar refractivity (Wildman–Crippen MR) is 87.1 cm³/mol. The van der Waals surface area contributed by atoms with Gasteiger partial charge in [0.2, 0.25) is 10.0 Å². The van der Waals surface area contributed by atoms with Gasteiger partial charge in [0.1, 0.15) is 12.4 Å². The molecule has 0 amide bonds. The quantitative estimate of drug-likeness (QED) is 0.597. The van der Waals surface area contributed by atoms with Crippen LogP contribution in [0.15, 0.2) is 48.5 Å². The Hall–Kier alpha value is -2.61. The number of rotatable bonds is 6. The van der Waals surface area contributed by atoms with E-state index in [2.05, 4.69) is 0 Å². The van der Waals surface area contributed by atoms with E-state index in [1.54, 1.807) is 36.4 Å². The van der Waals surface area contributed by atoms with E-state index >= 15 is 0 Å². The van der Waals surface area contributed by atoms with E-state index in [4.69, 9.17) is 4.74 Å². The highest BCUT2D eigenvalue weighted by Crippen LogP contribution is 2.21. The second-order valence-corrected chi connectivity index (χ2v) is 6.95. The third-order valence-corrected chi connectivity index (χ3v) is 4.43. The first-order valence-corrected chi connectivity index (χ1v) is 8.52. The third kappa shape index (κ3) is 4.43. The minimum Gasteiger partial charge on any atom is -0.489 e. The van der Waals surface area contributed by atoms with E-state index in [0.717, 1.165) is 10.6 Å². The minimum absolute atomic E-state index is 0.0104. The Morgan fingerprint density at radius 1 is 1.17 bits per heavy atom. The predicted octanol–water partition coefficient (Wildman–Crippen LogP) is 2.57. The molecule has 0 aliphatic carbocycles. The van der Waals surface area contributed by atoms with Crippen LogP contribution in [0.1, 0.15) is 5.56 Å². The summed E-state index contributed by atoms with van der Waals surface area (Å²) < 4.78 is 29.6. The summed E-state index contributed by atoms with van der Waals surface area (Å²) in [5, 5.41) is 10.7. The van der Waals surface area contributed by atoms with Crippen LogP contribution in [-0.2, 0) is 16.6 Å². The Labute approximate surface area is 134 Å². The molecule has 0 aliphatic rings. The van der Waals surface area contributed by atoms with Gasteiger partial charge < -0.3 is 4.74 Å². The second kappa shape index (κ2) is 6.66. The highest BCUT2D eigenvalue weighted by molar-refractivity contribution is 7.92. The summed E-state index contributed by atoms with van der Waals surface area (Å²) in [6.07, 6.45) is 1.12. The molecule has 0 N–H and O–H groups in total. The SMILES string of the molecule is CN(c1ccc(OCc2cccc([N+](=O)[O-])c2)cc1)S(C)(=O)=O. The van der Waals surface area contributed by atoms with Gasteiger partial charge in [-0.05, 0) is 29.8 Å². The molecule has 2 aromatic carbocycles. The van der Waals surface area contributed by atoms with E-state index < -0.39 is 14.9 Å². The van der Waals surface area contributed by atoms with Gasteiger partial charge in [-0.25, -0.2) is 8.42 Å². The van der Waals surface area contributed by atoms with Crippen LogP contribution in [0.2, 0.25) is 0 Å². The van der Waals surface area contributed by atoms with Crippen molar-refractivity contribution in [1.82, 2.24) is 0 Å². The Morgan fingerprint density at radius 3 is 2.39 bits per heavy atom. The van der Waals surface area contributed by atoms with Gasteiger partial charge in [0.15, 0.2) is 0 Å². The molecule has 0 aliphatic heterocycles. The zero-order chi connectivity index (χ0) is 17.0. The van der Waals surface area contributed by atoms with E-state index in [1.807, 2.05) is 0 Å². The number of non-ortho nitro benzene ring substituents is 1. The number of nitro benzene ring substituents is 1. The molecule has 0 saturated carbocycles. The number of sulfonamides is 1. The number of hydrogen-bond acceptors (Lipinski definition) is 5. The Morgan fingerprint density at radius 2 is 1.83 bits per heavy atom. The monoisotopic (exact) mass is 336 g/mol. The summed E-state index contributed by atoms with van der Waals surface area (Å²) >= 11 is 0. The van der Waals surface area contributed by atoms with Gasteiger partial charge in [0.05, 0.1) is 16.9 Å². The summed E-state index contributed by atoms with van der Waals surface area (Å²) in [5.74, 6) is 0.544. The first-order chi connectivity index (χ1) is 10.8. The lowest BCUT2D eigenvalue weighted by atomic mass is 10.2. The molecule has 7 nitrogen and oxygen atoms in total. The number of benzene rings is 2. The van der Waals surface area contributed by atoms with Crippen molar-refractivity contribution < 1.29 is 18.1 Å². The number of hydrogen-bond donors (Lipinski definition) is 0. The Kier molecular flexibility index (Phi) is 4.85. The molecular formula is C15H16N2O5S. The highest BCUT2D eigenvalue weighted by atomic mass is 32.2. The summed E-state index contributed by atoms with van der Waals surface area (Å²) in [6, 6.07) is 12.8. The Balaban J connectivity index is 2.05. The standard InChI is InChI=1S/C15H16N2O5S/c1-16(23(2,20)21)13-6-8-15(9-7-13)22-11-12-4-3-5-14(10-12)17(18)19/h3-10H,11H2,1-2H3. The highest BCUT2D eigenvalue weighted by Gasteiger charge is 2.11. The summed E-state index contributed by atoms with van der Waals surface area (Å²) in [5.41, 5.74) is 1.21. The summed E-state index contributed by atoms with van der Waals surface area (Å²) in [7, 11) is -1.84. The zero-order valence-electron chi connectivity index (χ0n) is 12.7. The van der Waals surface area contributed by atoms with Gasteiger partial charge in [-0.2, -0.15) is 0 Å². The molecule has 122 valence electrons. The van der Waals surface area contributed by atoms with Gasteiger partial charge in [0, 0.05) is 19.2 Å². The normalized spacial score (nSPS) is 11.0. The van der Waals surface area contributed by atoms with E-state index in [1.165, 1.54) is 19.2 Å². The molecule has 2 rings (SSSR count). The Bertz CT molecular complexity index is 803. The van der Waals surface area contributed by atoms with Crippen LogP contribution >= 0.6 is 0 Å². The van der Waals surface area contributed by atoms with Crippen LogP contribution in [0.3, 0.4) is 0 Å². The maximum absolute atomic E-state index is 11.5. The van der Waals surface area contributed by atoms with E-state index in [0.29, 0.717) is 17.0 Å². The average Bonchev–Trinajstić information content (AvgIpc) is 2.52. The molecule has 0 heterocycles. The second-order valence-electron chi connectivity index (χ2n) is 4.94. The smallest absolute Gasteiger partial charge is 0.269 e. The number of ether oxygens (including phenoxy) is 1. The van der Waals surface area contributed by atoms with Crippen molar-refractivity contribution in [2.75, 3.05) is 17.6 Å². The lowest BCUT2D eigenvalue weighted by Gasteiger charge is -2.16. The lowest BCUT2D eigenvalue weighted by Crippen LogP contribution is -2.24. The fourth-order valence-corrected chi connectivity index (χ4v) is 2.37. The van der Waals surface area contributed by atoms with E-state index in [9.17, 15) is 18.5 Å². The minimum atomic E-state index is -3.31. The van der Waals surface area contributed by atoms with Crippen LogP contribution < -0.4 is 9.04 Å². The van der Waals surface area contributed by atoms with Crippen LogP contribution in [0.25, 0.3) is 0 Å². The zero-order valence-corrected chi connectivity index (χ0v) is 13.5. The van der Waals surface area contributed by atoms with E-state index in [-0.39, 0.29) is 12.3 Å². The van der Waals surface area contributed by atoms with Gasteiger partial charge in [-0.3, -0.25) is 14.4 Å². The lowest BCUT2D eigenvalue weighted by molar-refractivity contribution is -0.384. The fraction of sp³-hybridized carbons (Fsp3) is 0.200. The topological polar surface area (TPSA) is 89.8 Å². The largest absolute Gasteiger partial charge is 0.489 e. The van der Waals surface area contributed by atoms with Crippen LogP contribution in [0.4, 0.5) is 11.4 Å². The molecule has 0 bridgehead atoms. The van der Waals surface area contributed by atoms with Crippen molar-refractivity contribution in [3.05, 3.63) is 64.2 Å². The number of nitro groups is 1. The molecule has 0 atom stereocenters. The first kappa shape index (κ1) is 16.8. The summed E-state index contributed by atoms with van der Waals surface area (Å²) in [4.78, 5) is 10.3. The van der Waals surface area contributed by atoms with Gasteiger partial charge in [-0.15, -0.1) is 0 Å². The molecule has 0 aromatic heterocycles. The molecule has 0 radical (unpaired) electrons. The molecule has 0 unspecified atom stereocenters. The van der Waals surface area contributed by atoms with Crippen molar-refractivity contribution in [3.8, 4) is 5.75 Å². The van der Waals surface area contributed by atoms with Gasteiger partial charge in [0.25, 0.3) is 5.69 Å². The summed E-state index contributed by atoms with van der Waals surface area (Å²) in [6.45, 7) is 0.183. The molecule has 8 heteroatoms. The van der Waals surface area contributed by atoms with Gasteiger partial charge >= 0.3 is 0 Å². The van der Waals surface area contributed by atoms with Crippen molar-refractivity contribution in [2.24, 2.45) is 0 Å². The number of anilines is 1. The van der Waals surface area contributed by atoms with Crippen molar-refractivity contribution >= 4 is 21.4 Å². The fourth-order valence-electron chi connectivity index (χ4n) is 1.87. The third-order valence-electron chi connectivity index (χ3n) is 3.22. The molecule has 0 fully saturated rings. The van der Waals surface area contributed by atoms with Crippen LogP contribution in [0.5, 0.6) is 5.75 Å². The molecule has 0 saturated heterocycles. The number of nitrogens with zero attached hydrogens (tertiary/aromatic N) is 2. The van der Waals surface area contributed by atoms with Crippen molar-refractivity contribution in [2.45, 2.75) is 6.61 Å². The molecular weight excluding hydrogens is 320 g/mol. The molecule has 0 spiro atoms. The average molecular weight is 336 g/mol. The van der Waals surface area contributed by atoms with Crippen molar-refractivity contribution in [1.29, 1.82) is 0 Å². The van der Waals surface area contributed by atoms with Crippen LogP contribution in [-0.4, -0.2) is 26.6 Å². The first-order valence-electron chi connectivity index (χ1n) is 6.67. The maximum atomic E-state index is 11.5. The molecule has 23 heavy (non-hydrogen) atoms. The van der Waals surface area contributed by atoms with Crippen molar-refractivity contribution in [3.63, 3.8) is 0 Å². The van der Waals surface area contributed by atoms with Gasteiger partial charge in [-0.1, -0.05) is 12.1 Å². The van der Waals surface area contributed by atoms with Crippen LogP contribution in [0, 0.1) is 10.1 Å². The molecule has 2 aromatic rings.